The summed E-state index contributed by atoms with van der Waals surface area (Å²) < 4.78 is 30.9. The Balaban J connectivity index is 1.59. The third-order valence-electron chi connectivity index (χ3n) is 8.34. The van der Waals surface area contributed by atoms with Crippen LogP contribution in [0.3, 0.4) is 0 Å². The van der Waals surface area contributed by atoms with Gasteiger partial charge in [0, 0.05) is 24.2 Å². The second kappa shape index (κ2) is 10.9. The van der Waals surface area contributed by atoms with Gasteiger partial charge < -0.3 is 5.11 Å². The minimum Gasteiger partial charge on any atom is -0.481 e. The van der Waals surface area contributed by atoms with E-state index < -0.39 is 27.3 Å². The second-order valence-corrected chi connectivity index (χ2v) is 14.4. The van der Waals surface area contributed by atoms with E-state index in [0.29, 0.717) is 35.9 Å². The molecule has 1 aromatic carbocycles. The number of sulfonamides is 1. The van der Waals surface area contributed by atoms with Crippen LogP contribution in [0.4, 0.5) is 0 Å². The van der Waals surface area contributed by atoms with Crippen molar-refractivity contribution in [2.24, 2.45) is 11.3 Å². The number of benzene rings is 1. The van der Waals surface area contributed by atoms with Gasteiger partial charge >= 0.3 is 5.97 Å². The van der Waals surface area contributed by atoms with Crippen molar-refractivity contribution in [3.05, 3.63) is 62.9 Å². The number of rotatable bonds is 8. The highest BCUT2D eigenvalue weighted by Gasteiger charge is 2.42. The third kappa shape index (κ3) is 5.06. The molecule has 0 spiro atoms. The Hall–Kier alpha value is -3.22. The van der Waals surface area contributed by atoms with Crippen LogP contribution in [0.15, 0.2) is 35.4 Å². The zero-order valence-electron chi connectivity index (χ0n) is 24.2. The van der Waals surface area contributed by atoms with E-state index in [0.717, 1.165) is 33.5 Å². The second-order valence-electron chi connectivity index (χ2n) is 11.3. The molecule has 0 amide bonds. The van der Waals surface area contributed by atoms with Crippen molar-refractivity contribution in [2.75, 3.05) is 6.54 Å². The largest absolute Gasteiger partial charge is 0.481 e. The van der Waals surface area contributed by atoms with Gasteiger partial charge in [-0.3, -0.25) is 9.78 Å². The first-order chi connectivity index (χ1) is 19.4. The van der Waals surface area contributed by atoms with Gasteiger partial charge in [-0.25, -0.2) is 18.1 Å². The predicted octanol–water partition coefficient (Wildman–Crippen LogP) is 4.94. The standard InChI is InChI=1S/C29H36N6O4S2/c1-7-19-14-21-24(10-9-13-30-21)41(38,39)34(15-19)16-22-18(4)40-27(31-22)25(29(5,6)28(36)37)20-11-12-23-26(17(20)3)32-33-35(23)8-2/h9-13,19,25H,7-8,14-16H2,1-6H3,(H,36,37)/t19-,25?/m0/s1. The first kappa shape index (κ1) is 29.3. The smallest absolute Gasteiger partial charge is 0.310 e. The number of aryl methyl sites for hydroxylation is 3. The van der Waals surface area contributed by atoms with Crippen molar-refractivity contribution in [1.29, 1.82) is 0 Å². The van der Waals surface area contributed by atoms with Crippen LogP contribution in [0.5, 0.6) is 0 Å². The van der Waals surface area contributed by atoms with Crippen LogP contribution in [0, 0.1) is 25.2 Å². The number of carboxylic acids is 1. The molecule has 4 aromatic rings. The summed E-state index contributed by atoms with van der Waals surface area (Å²) in [5.41, 5.74) is 3.35. The maximum Gasteiger partial charge on any atom is 0.310 e. The molecule has 5 rings (SSSR count). The molecule has 0 saturated carbocycles. The number of pyridine rings is 1. The zero-order valence-corrected chi connectivity index (χ0v) is 25.9. The number of aliphatic carboxylic acids is 1. The Morgan fingerprint density at radius 3 is 2.66 bits per heavy atom. The van der Waals surface area contributed by atoms with E-state index in [-0.39, 0.29) is 17.4 Å². The lowest BCUT2D eigenvalue weighted by Gasteiger charge is -2.30. The van der Waals surface area contributed by atoms with E-state index in [4.69, 9.17) is 4.98 Å². The third-order valence-corrected chi connectivity index (χ3v) is 11.3. The van der Waals surface area contributed by atoms with Crippen LogP contribution in [0.1, 0.15) is 72.4 Å². The molecule has 2 atom stereocenters. The van der Waals surface area contributed by atoms with Gasteiger partial charge in [-0.05, 0) is 76.3 Å². The summed E-state index contributed by atoms with van der Waals surface area (Å²) in [5.74, 6) is -1.40. The number of fused-ring (bicyclic) bond motifs is 2. The monoisotopic (exact) mass is 596 g/mol. The minimum atomic E-state index is -3.79. The number of thiazole rings is 1. The highest BCUT2D eigenvalue weighted by molar-refractivity contribution is 7.89. The summed E-state index contributed by atoms with van der Waals surface area (Å²) in [5, 5.41) is 19.6. The topological polar surface area (TPSA) is 131 Å². The van der Waals surface area contributed by atoms with E-state index in [9.17, 15) is 18.3 Å². The zero-order chi connectivity index (χ0) is 29.7. The van der Waals surface area contributed by atoms with Gasteiger partial charge in [-0.1, -0.05) is 24.6 Å². The lowest BCUT2D eigenvalue weighted by atomic mass is 9.74. The van der Waals surface area contributed by atoms with Gasteiger partial charge in [-0.15, -0.1) is 16.4 Å². The first-order valence-electron chi connectivity index (χ1n) is 13.9. The molecule has 10 nitrogen and oxygen atoms in total. The molecular formula is C29H36N6O4S2. The molecule has 1 unspecified atom stereocenters. The molecule has 1 aliphatic rings. The Bertz CT molecular complexity index is 1730. The van der Waals surface area contributed by atoms with Crippen molar-refractivity contribution in [3.8, 4) is 0 Å². The van der Waals surface area contributed by atoms with Crippen molar-refractivity contribution < 1.29 is 18.3 Å². The van der Waals surface area contributed by atoms with E-state index in [1.165, 1.54) is 15.6 Å². The van der Waals surface area contributed by atoms with Crippen LogP contribution >= 0.6 is 11.3 Å². The van der Waals surface area contributed by atoms with Gasteiger partial charge in [0.15, 0.2) is 0 Å². The molecule has 0 radical (unpaired) electrons. The maximum absolute atomic E-state index is 13.8. The van der Waals surface area contributed by atoms with Crippen molar-refractivity contribution in [1.82, 2.24) is 29.3 Å². The van der Waals surface area contributed by atoms with Crippen LogP contribution in [0.25, 0.3) is 11.0 Å². The molecule has 3 aromatic heterocycles. The molecule has 12 heteroatoms. The van der Waals surface area contributed by atoms with E-state index in [2.05, 4.69) is 22.2 Å². The Kier molecular flexibility index (Phi) is 7.77. The summed E-state index contributed by atoms with van der Waals surface area (Å²) in [6, 6.07) is 7.17. The SMILES string of the molecule is CC[C@H]1Cc2ncccc2S(=O)(=O)N(Cc2nc(C(c3ccc4c(nnn4CC)c3C)C(C)(C)C(=O)O)sc2C)C1. The Labute approximate surface area is 244 Å². The van der Waals surface area contributed by atoms with Crippen LogP contribution in [-0.4, -0.2) is 55.3 Å². The normalized spacial score (nSPS) is 18.2. The van der Waals surface area contributed by atoms with Crippen LogP contribution < -0.4 is 0 Å². The number of hydrogen-bond donors (Lipinski definition) is 1. The number of hydrogen-bond acceptors (Lipinski definition) is 8. The lowest BCUT2D eigenvalue weighted by Crippen LogP contribution is -2.34. The summed E-state index contributed by atoms with van der Waals surface area (Å²) in [4.78, 5) is 23.1. The summed E-state index contributed by atoms with van der Waals surface area (Å²) >= 11 is 1.42. The van der Waals surface area contributed by atoms with E-state index >= 15 is 0 Å². The quantitative estimate of drug-likeness (QED) is 0.303. The molecule has 218 valence electrons. The molecule has 0 aliphatic carbocycles. The minimum absolute atomic E-state index is 0.110. The first-order valence-corrected chi connectivity index (χ1v) is 16.1. The van der Waals surface area contributed by atoms with Gasteiger partial charge in [0.1, 0.15) is 15.4 Å². The summed E-state index contributed by atoms with van der Waals surface area (Å²) in [7, 11) is -3.79. The fraction of sp³-hybridized carbons (Fsp3) is 0.483. The van der Waals surface area contributed by atoms with Gasteiger partial charge in [-0.2, -0.15) is 4.31 Å². The molecule has 41 heavy (non-hydrogen) atoms. The highest BCUT2D eigenvalue weighted by Crippen LogP contribution is 2.45. The molecule has 0 saturated heterocycles. The van der Waals surface area contributed by atoms with Crippen molar-refractivity contribution in [2.45, 2.75) is 78.3 Å². The fourth-order valence-electron chi connectivity index (χ4n) is 5.67. The summed E-state index contributed by atoms with van der Waals surface area (Å²) in [6.45, 7) is 12.5. The predicted molar refractivity (Wildman–Crippen MR) is 157 cm³/mol. The fourth-order valence-corrected chi connectivity index (χ4v) is 8.57. The maximum atomic E-state index is 13.8. The molecule has 1 N–H and O–H groups in total. The molecular weight excluding hydrogens is 560 g/mol. The van der Waals surface area contributed by atoms with Gasteiger partial charge in [0.25, 0.3) is 0 Å². The molecule has 1 aliphatic heterocycles. The van der Waals surface area contributed by atoms with Gasteiger partial charge in [0.05, 0.1) is 34.8 Å². The Morgan fingerprint density at radius 2 is 1.98 bits per heavy atom. The number of carbonyl (C=O) groups is 1. The average molecular weight is 597 g/mol. The van der Waals surface area contributed by atoms with Crippen molar-refractivity contribution >= 4 is 38.4 Å². The lowest BCUT2D eigenvalue weighted by molar-refractivity contribution is -0.147. The van der Waals surface area contributed by atoms with E-state index in [1.807, 2.05) is 37.6 Å². The summed E-state index contributed by atoms with van der Waals surface area (Å²) in [6.07, 6.45) is 3.06. The number of nitrogens with zero attached hydrogens (tertiary/aromatic N) is 6. The van der Waals surface area contributed by atoms with Crippen molar-refractivity contribution in [3.63, 3.8) is 0 Å². The Morgan fingerprint density at radius 1 is 1.22 bits per heavy atom. The number of aromatic nitrogens is 5. The van der Waals surface area contributed by atoms with E-state index in [1.54, 1.807) is 32.2 Å². The molecule has 4 heterocycles. The average Bonchev–Trinajstić information content (AvgIpc) is 3.49. The molecule has 0 fully saturated rings. The number of carboxylic acid groups (broad SMARTS) is 1. The van der Waals surface area contributed by atoms with Crippen LogP contribution in [-0.2, 0) is 34.3 Å². The van der Waals surface area contributed by atoms with Gasteiger partial charge in [0.2, 0.25) is 10.0 Å². The highest BCUT2D eigenvalue weighted by atomic mass is 32.2. The van der Waals surface area contributed by atoms with Crippen LogP contribution in [0.2, 0.25) is 0 Å². The molecule has 0 bridgehead atoms.